The second kappa shape index (κ2) is 7.56. The van der Waals surface area contributed by atoms with Crippen molar-refractivity contribution in [1.82, 2.24) is 5.32 Å². The van der Waals surface area contributed by atoms with Gasteiger partial charge in [-0.3, -0.25) is 0 Å². The molecule has 0 unspecified atom stereocenters. The Balaban J connectivity index is 1.91. The molecule has 0 amide bonds. The Bertz CT molecular complexity index is 272. The van der Waals surface area contributed by atoms with Crippen LogP contribution in [0.3, 0.4) is 0 Å². The van der Waals surface area contributed by atoms with Crippen LogP contribution in [-0.2, 0) is 9.84 Å². The monoisotopic (exact) mass is 265 g/mol. The van der Waals surface area contributed by atoms with Crippen molar-refractivity contribution in [3.63, 3.8) is 0 Å². The molecule has 0 aromatic carbocycles. The van der Waals surface area contributed by atoms with Crippen molar-refractivity contribution in [1.29, 1.82) is 0 Å². The smallest absolute Gasteiger partial charge is 0.148 e. The third-order valence-corrected chi connectivity index (χ3v) is 5.07. The lowest BCUT2D eigenvalue weighted by Gasteiger charge is -2.22. The minimum absolute atomic E-state index is 0.307. The highest BCUT2D eigenvalue weighted by Gasteiger charge is 2.11. The van der Waals surface area contributed by atoms with E-state index >= 15 is 0 Å². The minimum atomic E-state index is -2.77. The molecule has 0 atom stereocenters. The fourth-order valence-electron chi connectivity index (χ4n) is 1.95. The predicted octanol–water partition coefficient (Wildman–Crippen LogP) is 1.69. The van der Waals surface area contributed by atoms with Gasteiger partial charge in [-0.25, -0.2) is 8.42 Å². The molecule has 1 fully saturated rings. The zero-order valence-electron chi connectivity index (χ0n) is 10.1. The van der Waals surface area contributed by atoms with Crippen molar-refractivity contribution in [3.05, 3.63) is 0 Å². The van der Waals surface area contributed by atoms with E-state index in [2.05, 4.69) is 5.32 Å². The molecular formula is C11H23NO2S2. The number of sulfone groups is 1. The van der Waals surface area contributed by atoms with Crippen molar-refractivity contribution < 1.29 is 8.42 Å². The molecule has 0 spiro atoms. The molecule has 0 bridgehead atoms. The maximum atomic E-state index is 10.9. The predicted molar refractivity (Wildman–Crippen MR) is 71.9 cm³/mol. The van der Waals surface area contributed by atoms with E-state index in [0.29, 0.717) is 11.8 Å². The average Bonchev–Trinajstić information content (AvgIpc) is 2.23. The summed E-state index contributed by atoms with van der Waals surface area (Å²) in [6, 6.07) is 0.712. The van der Waals surface area contributed by atoms with Gasteiger partial charge in [0, 0.05) is 30.3 Å². The van der Waals surface area contributed by atoms with E-state index in [-0.39, 0.29) is 0 Å². The molecule has 0 aromatic rings. The van der Waals surface area contributed by atoms with E-state index in [0.717, 1.165) is 18.1 Å². The van der Waals surface area contributed by atoms with Crippen LogP contribution in [0.25, 0.3) is 0 Å². The van der Waals surface area contributed by atoms with Gasteiger partial charge in [0.2, 0.25) is 0 Å². The molecule has 3 nitrogen and oxygen atoms in total. The fraction of sp³-hybridized carbons (Fsp3) is 1.00. The third kappa shape index (κ3) is 7.52. The van der Waals surface area contributed by atoms with Crippen LogP contribution in [0.2, 0.25) is 0 Å². The van der Waals surface area contributed by atoms with E-state index in [1.807, 2.05) is 0 Å². The summed E-state index contributed by atoms with van der Waals surface area (Å²) >= 11 is 1.73. The van der Waals surface area contributed by atoms with Crippen molar-refractivity contribution in [2.24, 2.45) is 0 Å². The molecule has 1 N–H and O–H groups in total. The lowest BCUT2D eigenvalue weighted by molar-refractivity contribution is 0.381. The molecule has 96 valence electrons. The highest BCUT2D eigenvalue weighted by atomic mass is 32.2. The van der Waals surface area contributed by atoms with Crippen LogP contribution in [0.5, 0.6) is 0 Å². The van der Waals surface area contributed by atoms with E-state index in [4.69, 9.17) is 0 Å². The summed E-state index contributed by atoms with van der Waals surface area (Å²) in [5.74, 6) is 2.05. The summed E-state index contributed by atoms with van der Waals surface area (Å²) in [5.41, 5.74) is 0. The SMILES string of the molecule is CS(=O)(=O)CCSCCNC1CCCCC1. The molecule has 1 aliphatic rings. The zero-order valence-corrected chi connectivity index (χ0v) is 11.7. The third-order valence-electron chi connectivity index (χ3n) is 2.88. The Labute approximate surface area is 104 Å². The van der Waals surface area contributed by atoms with Crippen molar-refractivity contribution >= 4 is 21.6 Å². The molecule has 0 aromatic heterocycles. The number of thioether (sulfide) groups is 1. The maximum Gasteiger partial charge on any atom is 0.148 e. The number of rotatable bonds is 7. The normalized spacial score (nSPS) is 18.8. The zero-order chi connectivity index (χ0) is 11.9. The number of hydrogen-bond acceptors (Lipinski definition) is 4. The van der Waals surface area contributed by atoms with Gasteiger partial charge in [0.25, 0.3) is 0 Å². The molecule has 0 radical (unpaired) electrons. The molecule has 0 aliphatic heterocycles. The van der Waals surface area contributed by atoms with Crippen LogP contribution in [0.1, 0.15) is 32.1 Å². The fourth-order valence-corrected chi connectivity index (χ4v) is 4.10. The van der Waals surface area contributed by atoms with Gasteiger partial charge in [-0.1, -0.05) is 19.3 Å². The molecule has 0 saturated heterocycles. The molecular weight excluding hydrogens is 242 g/mol. The van der Waals surface area contributed by atoms with Crippen LogP contribution < -0.4 is 5.32 Å². The quantitative estimate of drug-likeness (QED) is 0.712. The molecule has 1 saturated carbocycles. The summed E-state index contributed by atoms with van der Waals surface area (Å²) in [6.07, 6.45) is 8.04. The summed E-state index contributed by atoms with van der Waals surface area (Å²) in [5, 5.41) is 3.55. The summed E-state index contributed by atoms with van der Waals surface area (Å²) in [6.45, 7) is 1.01. The van der Waals surface area contributed by atoms with Gasteiger partial charge in [0.05, 0.1) is 5.75 Å². The molecule has 5 heteroatoms. The Morgan fingerprint density at radius 1 is 1.19 bits per heavy atom. The average molecular weight is 265 g/mol. The summed E-state index contributed by atoms with van der Waals surface area (Å²) < 4.78 is 21.8. The van der Waals surface area contributed by atoms with Crippen molar-refractivity contribution in [3.8, 4) is 0 Å². The highest BCUT2D eigenvalue weighted by molar-refractivity contribution is 8.00. The molecule has 1 aliphatic carbocycles. The van der Waals surface area contributed by atoms with Gasteiger partial charge in [-0.15, -0.1) is 0 Å². The van der Waals surface area contributed by atoms with Crippen LogP contribution in [-0.4, -0.2) is 44.5 Å². The Morgan fingerprint density at radius 2 is 1.88 bits per heavy atom. The first-order chi connectivity index (χ1) is 7.58. The lowest BCUT2D eigenvalue weighted by Crippen LogP contribution is -2.32. The van der Waals surface area contributed by atoms with Gasteiger partial charge in [0.1, 0.15) is 9.84 Å². The Morgan fingerprint density at radius 3 is 2.50 bits per heavy atom. The van der Waals surface area contributed by atoms with E-state index < -0.39 is 9.84 Å². The largest absolute Gasteiger partial charge is 0.313 e. The van der Waals surface area contributed by atoms with Gasteiger partial charge < -0.3 is 5.32 Å². The van der Waals surface area contributed by atoms with E-state index in [1.54, 1.807) is 11.8 Å². The van der Waals surface area contributed by atoms with Crippen molar-refractivity contribution in [2.75, 3.05) is 30.1 Å². The molecule has 0 heterocycles. The van der Waals surface area contributed by atoms with E-state index in [9.17, 15) is 8.42 Å². The first kappa shape index (κ1) is 14.3. The first-order valence-electron chi connectivity index (χ1n) is 6.07. The van der Waals surface area contributed by atoms with Gasteiger partial charge in [-0.05, 0) is 12.8 Å². The van der Waals surface area contributed by atoms with Crippen LogP contribution in [0.4, 0.5) is 0 Å². The minimum Gasteiger partial charge on any atom is -0.313 e. The number of hydrogen-bond donors (Lipinski definition) is 1. The topological polar surface area (TPSA) is 46.2 Å². The van der Waals surface area contributed by atoms with Crippen LogP contribution >= 0.6 is 11.8 Å². The standard InChI is InChI=1S/C11H23NO2S2/c1-16(13,14)10-9-15-8-7-12-11-5-3-2-4-6-11/h11-12H,2-10H2,1H3. The van der Waals surface area contributed by atoms with E-state index in [1.165, 1.54) is 38.4 Å². The second-order valence-corrected chi connectivity index (χ2v) is 8.02. The Hall–Kier alpha value is 0.260. The van der Waals surface area contributed by atoms with Crippen LogP contribution in [0, 0.1) is 0 Å². The van der Waals surface area contributed by atoms with Gasteiger partial charge >= 0.3 is 0 Å². The van der Waals surface area contributed by atoms with Gasteiger partial charge in [-0.2, -0.15) is 11.8 Å². The highest BCUT2D eigenvalue weighted by Crippen LogP contribution is 2.17. The number of nitrogens with one attached hydrogen (secondary N) is 1. The van der Waals surface area contributed by atoms with Crippen LogP contribution in [0.15, 0.2) is 0 Å². The maximum absolute atomic E-state index is 10.9. The summed E-state index contributed by atoms with van der Waals surface area (Å²) in [7, 11) is -2.77. The molecule has 1 rings (SSSR count). The molecule has 16 heavy (non-hydrogen) atoms. The van der Waals surface area contributed by atoms with Crippen molar-refractivity contribution in [2.45, 2.75) is 38.1 Å². The van der Waals surface area contributed by atoms with Gasteiger partial charge in [0.15, 0.2) is 0 Å². The first-order valence-corrected chi connectivity index (χ1v) is 9.28. The summed E-state index contributed by atoms with van der Waals surface area (Å²) in [4.78, 5) is 0. The second-order valence-electron chi connectivity index (χ2n) is 4.53. The lowest BCUT2D eigenvalue weighted by atomic mass is 9.96. The Kier molecular flexibility index (Phi) is 6.77.